The van der Waals surface area contributed by atoms with Gasteiger partial charge in [-0.15, -0.1) is 0 Å². The zero-order valence-electron chi connectivity index (χ0n) is 27.0. The van der Waals surface area contributed by atoms with Crippen LogP contribution < -0.4 is 18.9 Å². The summed E-state index contributed by atoms with van der Waals surface area (Å²) in [7, 11) is 0. The first kappa shape index (κ1) is 32.5. The molecule has 0 N–H and O–H groups in total. The lowest BCUT2D eigenvalue weighted by Gasteiger charge is -2.25. The highest BCUT2D eigenvalue weighted by Crippen LogP contribution is 2.41. The zero-order chi connectivity index (χ0) is 30.6. The van der Waals surface area contributed by atoms with Crippen molar-refractivity contribution < 1.29 is 23.7 Å². The summed E-state index contributed by atoms with van der Waals surface area (Å²) in [5, 5.41) is 0. The van der Waals surface area contributed by atoms with Crippen LogP contribution in [0.1, 0.15) is 116 Å². The van der Waals surface area contributed by atoms with E-state index in [1.165, 1.54) is 22.3 Å². The minimum absolute atomic E-state index is 0.156. The Kier molecular flexibility index (Phi) is 12.4. The van der Waals surface area contributed by atoms with E-state index in [9.17, 15) is 0 Å². The second-order valence-corrected chi connectivity index (χ2v) is 11.8. The minimum Gasteiger partial charge on any atom is -0.454 e. The first-order chi connectivity index (χ1) is 20.9. The van der Waals surface area contributed by atoms with Crippen molar-refractivity contribution in [1.29, 1.82) is 0 Å². The Balaban J connectivity index is 1.58. The van der Waals surface area contributed by atoms with Crippen LogP contribution >= 0.6 is 0 Å². The largest absolute Gasteiger partial charge is 0.454 e. The Morgan fingerprint density at radius 1 is 0.605 bits per heavy atom. The molecule has 232 valence electrons. The molecule has 0 fully saturated rings. The normalized spacial score (nSPS) is 16.5. The molecule has 0 aliphatic carbocycles. The number of fused-ring (bicyclic) bond motifs is 2. The van der Waals surface area contributed by atoms with Crippen molar-refractivity contribution in [2.24, 2.45) is 0 Å². The topological polar surface area (TPSA) is 46.2 Å². The van der Waals surface area contributed by atoms with Crippen molar-refractivity contribution in [3.05, 3.63) is 94.1 Å². The van der Waals surface area contributed by atoms with Gasteiger partial charge in [0.2, 0.25) is 13.6 Å². The zero-order valence-corrected chi connectivity index (χ0v) is 27.0. The van der Waals surface area contributed by atoms with Crippen molar-refractivity contribution in [1.82, 2.24) is 0 Å². The summed E-state index contributed by atoms with van der Waals surface area (Å²) in [4.78, 5) is 0. The molecular weight excluding hydrogens is 536 g/mol. The smallest absolute Gasteiger partial charge is 0.231 e. The SMILES string of the molecule is CCC(C)=CCCC(C)=CCC(OC(CC=C(C)CCC=C(C)CC)c1ccc2c(c1)OCO2)c1ccc2c(c1)OCO2. The average molecular weight is 587 g/mol. The Hall–Kier alpha value is -3.44. The van der Waals surface area contributed by atoms with E-state index >= 15 is 0 Å². The molecule has 0 amide bonds. The highest BCUT2D eigenvalue weighted by atomic mass is 16.7. The molecular formula is C38H50O5. The monoisotopic (exact) mass is 586 g/mol. The molecule has 0 spiro atoms. The van der Waals surface area contributed by atoms with Crippen LogP contribution in [0.3, 0.4) is 0 Å². The van der Waals surface area contributed by atoms with Gasteiger partial charge in [0.1, 0.15) is 0 Å². The van der Waals surface area contributed by atoms with Gasteiger partial charge < -0.3 is 23.7 Å². The lowest BCUT2D eigenvalue weighted by atomic mass is 9.99. The van der Waals surface area contributed by atoms with Gasteiger partial charge in [-0.25, -0.2) is 0 Å². The molecule has 5 heteroatoms. The second-order valence-electron chi connectivity index (χ2n) is 11.8. The number of hydrogen-bond donors (Lipinski definition) is 0. The van der Waals surface area contributed by atoms with E-state index in [2.05, 4.69) is 90.1 Å². The number of rotatable bonds is 16. The fraction of sp³-hybridized carbons (Fsp3) is 0.474. The molecule has 0 bridgehead atoms. The van der Waals surface area contributed by atoms with Crippen molar-refractivity contribution in [3.63, 3.8) is 0 Å². The van der Waals surface area contributed by atoms with Gasteiger partial charge in [-0.3, -0.25) is 0 Å². The summed E-state index contributed by atoms with van der Waals surface area (Å²) < 4.78 is 29.7. The molecule has 2 heterocycles. The summed E-state index contributed by atoms with van der Waals surface area (Å²) in [5.74, 6) is 3.12. The molecule has 2 aromatic rings. The molecule has 0 aromatic heterocycles. The van der Waals surface area contributed by atoms with Crippen LogP contribution in [-0.2, 0) is 4.74 Å². The molecule has 43 heavy (non-hydrogen) atoms. The molecule has 2 atom stereocenters. The molecule has 0 saturated heterocycles. The molecule has 2 aromatic carbocycles. The average Bonchev–Trinajstić information content (AvgIpc) is 3.69. The number of allylic oxidation sites excluding steroid dienone is 6. The van der Waals surface area contributed by atoms with Crippen LogP contribution in [-0.4, -0.2) is 13.6 Å². The van der Waals surface area contributed by atoms with E-state index in [-0.39, 0.29) is 25.8 Å². The third-order valence-corrected chi connectivity index (χ3v) is 8.40. The van der Waals surface area contributed by atoms with Gasteiger partial charge in [-0.1, -0.05) is 72.6 Å². The van der Waals surface area contributed by atoms with Gasteiger partial charge in [0.05, 0.1) is 12.2 Å². The molecule has 2 unspecified atom stereocenters. The van der Waals surface area contributed by atoms with E-state index < -0.39 is 0 Å². The standard InChI is InChI=1S/C38H50O5/c1-7-27(3)11-9-13-29(5)15-19-33(31-17-21-35-37(23-31)41-25-39-35)43-34(20-16-30(6)14-10-12-28(4)8-2)32-18-22-36-38(24-32)42-26-40-36/h11-12,15-18,21-24,33-34H,7-10,13-14,19-20,25-26H2,1-6H3. The molecule has 0 saturated carbocycles. The van der Waals surface area contributed by atoms with Crippen LogP contribution in [0.4, 0.5) is 0 Å². The third-order valence-electron chi connectivity index (χ3n) is 8.40. The summed E-state index contributed by atoms with van der Waals surface area (Å²) in [6, 6.07) is 12.3. The molecule has 5 nitrogen and oxygen atoms in total. The maximum Gasteiger partial charge on any atom is 0.231 e. The first-order valence-corrected chi connectivity index (χ1v) is 15.9. The van der Waals surface area contributed by atoms with Crippen LogP contribution in [0, 0.1) is 0 Å². The van der Waals surface area contributed by atoms with Crippen LogP contribution in [0.5, 0.6) is 23.0 Å². The quantitative estimate of drug-likeness (QED) is 0.183. The maximum atomic E-state index is 7.06. The third kappa shape index (κ3) is 9.79. The van der Waals surface area contributed by atoms with E-state index in [4.69, 9.17) is 23.7 Å². The Morgan fingerprint density at radius 2 is 1.02 bits per heavy atom. The number of hydrogen-bond acceptors (Lipinski definition) is 5. The lowest BCUT2D eigenvalue weighted by Crippen LogP contribution is -2.11. The van der Waals surface area contributed by atoms with Crippen LogP contribution in [0.25, 0.3) is 0 Å². The van der Waals surface area contributed by atoms with E-state index in [0.717, 1.165) is 85.5 Å². The second kappa shape index (κ2) is 16.4. The maximum absolute atomic E-state index is 7.06. The van der Waals surface area contributed by atoms with Gasteiger partial charge in [0.25, 0.3) is 0 Å². The van der Waals surface area contributed by atoms with Gasteiger partial charge in [0, 0.05) is 0 Å². The van der Waals surface area contributed by atoms with E-state index in [0.29, 0.717) is 0 Å². The fourth-order valence-corrected chi connectivity index (χ4v) is 5.17. The minimum atomic E-state index is -0.156. The molecule has 4 rings (SSSR count). The summed E-state index contributed by atoms with van der Waals surface area (Å²) in [6.45, 7) is 13.8. The van der Waals surface area contributed by atoms with Gasteiger partial charge >= 0.3 is 0 Å². The highest BCUT2D eigenvalue weighted by molar-refractivity contribution is 5.46. The van der Waals surface area contributed by atoms with Crippen LogP contribution in [0.2, 0.25) is 0 Å². The Morgan fingerprint density at radius 3 is 1.44 bits per heavy atom. The molecule has 2 aliphatic heterocycles. The van der Waals surface area contributed by atoms with Gasteiger partial charge in [0.15, 0.2) is 23.0 Å². The van der Waals surface area contributed by atoms with Crippen LogP contribution in [0.15, 0.2) is 83.0 Å². The number of ether oxygens (including phenoxy) is 5. The Bertz CT molecular complexity index is 1230. The van der Waals surface area contributed by atoms with Gasteiger partial charge in [-0.05, 0) is 114 Å². The summed E-state index contributed by atoms with van der Waals surface area (Å²) >= 11 is 0. The van der Waals surface area contributed by atoms with Crippen molar-refractivity contribution in [2.75, 3.05) is 13.6 Å². The summed E-state index contributed by atoms with van der Waals surface area (Å²) in [6.07, 6.45) is 17.0. The Labute approximate surface area is 259 Å². The molecule has 2 aliphatic rings. The predicted octanol–water partition coefficient (Wildman–Crippen LogP) is 10.9. The first-order valence-electron chi connectivity index (χ1n) is 15.9. The van der Waals surface area contributed by atoms with Crippen molar-refractivity contribution in [2.45, 2.75) is 105 Å². The lowest BCUT2D eigenvalue weighted by molar-refractivity contribution is -0.0124. The summed E-state index contributed by atoms with van der Waals surface area (Å²) in [5.41, 5.74) is 7.81. The van der Waals surface area contributed by atoms with Crippen molar-refractivity contribution in [3.8, 4) is 23.0 Å². The number of benzene rings is 2. The van der Waals surface area contributed by atoms with Crippen molar-refractivity contribution >= 4 is 0 Å². The van der Waals surface area contributed by atoms with E-state index in [1.807, 2.05) is 12.1 Å². The van der Waals surface area contributed by atoms with E-state index in [1.54, 1.807) is 0 Å². The predicted molar refractivity (Wildman–Crippen MR) is 175 cm³/mol. The van der Waals surface area contributed by atoms with Gasteiger partial charge in [-0.2, -0.15) is 0 Å². The highest BCUT2D eigenvalue weighted by Gasteiger charge is 2.24. The molecule has 0 radical (unpaired) electrons. The fourth-order valence-electron chi connectivity index (χ4n) is 5.17.